The third-order valence-corrected chi connectivity index (χ3v) is 3.60. The first-order valence-corrected chi connectivity index (χ1v) is 8.00. The Labute approximate surface area is 154 Å². The third kappa shape index (κ3) is 4.63. The number of ether oxygens (including phenoxy) is 1. The highest BCUT2D eigenvalue weighted by Gasteiger charge is 2.12. The van der Waals surface area contributed by atoms with Gasteiger partial charge >= 0.3 is 5.97 Å². The second kappa shape index (κ2) is 8.05. The molecule has 8 heteroatoms. The monoisotopic (exact) mass is 365 g/mol. The van der Waals surface area contributed by atoms with Crippen LogP contribution in [-0.2, 0) is 16.1 Å². The number of aromatic nitrogens is 2. The number of nitro groups is 1. The van der Waals surface area contributed by atoms with Gasteiger partial charge in [0.2, 0.25) is 5.89 Å². The van der Waals surface area contributed by atoms with E-state index in [9.17, 15) is 14.9 Å². The molecule has 0 fully saturated rings. The van der Waals surface area contributed by atoms with Crippen LogP contribution >= 0.6 is 0 Å². The topological polar surface area (TPSA) is 108 Å². The number of aryl methyl sites for hydroxylation is 1. The largest absolute Gasteiger partial charge is 0.452 e. The van der Waals surface area contributed by atoms with Crippen molar-refractivity contribution < 1.29 is 18.9 Å². The predicted octanol–water partition coefficient (Wildman–Crippen LogP) is 3.71. The lowest BCUT2D eigenvalue weighted by Crippen LogP contribution is -2.01. The van der Waals surface area contributed by atoms with E-state index in [1.54, 1.807) is 12.1 Å². The summed E-state index contributed by atoms with van der Waals surface area (Å²) in [5.74, 6) is -0.192. The number of hydrogen-bond acceptors (Lipinski definition) is 7. The van der Waals surface area contributed by atoms with E-state index >= 15 is 0 Å². The molecule has 0 aliphatic carbocycles. The number of carbonyl (C=O) groups is 1. The van der Waals surface area contributed by atoms with Gasteiger partial charge in [-0.05, 0) is 31.2 Å². The second-order valence-electron chi connectivity index (χ2n) is 5.63. The maximum atomic E-state index is 11.8. The normalized spacial score (nSPS) is 10.9. The molecule has 3 rings (SSSR count). The van der Waals surface area contributed by atoms with Crippen molar-refractivity contribution in [1.29, 1.82) is 0 Å². The minimum absolute atomic E-state index is 0.0961. The van der Waals surface area contributed by atoms with E-state index in [0.717, 1.165) is 17.2 Å². The number of para-hydroxylation sites is 1. The molecule has 136 valence electrons. The first kappa shape index (κ1) is 18.0. The molecule has 0 atom stereocenters. The minimum atomic E-state index is -0.677. The maximum Gasteiger partial charge on any atom is 0.331 e. The van der Waals surface area contributed by atoms with E-state index < -0.39 is 10.9 Å². The summed E-state index contributed by atoms with van der Waals surface area (Å²) in [5.41, 5.74) is 2.04. The zero-order chi connectivity index (χ0) is 19.2. The van der Waals surface area contributed by atoms with Crippen LogP contribution in [0.2, 0.25) is 0 Å². The fourth-order valence-electron chi connectivity index (χ4n) is 2.34. The van der Waals surface area contributed by atoms with Gasteiger partial charge in [-0.15, -0.1) is 10.2 Å². The SMILES string of the molecule is Cc1cccc(-c2nnc(COC(=O)/C=C/c3ccccc3[N+](=O)[O-])o2)c1. The number of benzene rings is 2. The summed E-state index contributed by atoms with van der Waals surface area (Å²) in [7, 11) is 0. The molecule has 8 nitrogen and oxygen atoms in total. The van der Waals surface area contributed by atoms with E-state index in [2.05, 4.69) is 10.2 Å². The highest BCUT2D eigenvalue weighted by molar-refractivity contribution is 5.87. The standard InChI is InChI=1S/C19H15N3O5/c1-13-5-4-7-15(11-13)19-21-20-17(27-19)12-26-18(23)10-9-14-6-2-3-8-16(14)22(24)25/h2-11H,12H2,1H3/b10-9+. The van der Waals surface area contributed by atoms with E-state index in [-0.39, 0.29) is 18.2 Å². The molecule has 0 bridgehead atoms. The molecule has 0 radical (unpaired) electrons. The molecule has 0 spiro atoms. The number of nitro benzene ring substituents is 1. The van der Waals surface area contributed by atoms with Crippen LogP contribution in [0.4, 0.5) is 5.69 Å². The van der Waals surface area contributed by atoms with Gasteiger partial charge in [-0.2, -0.15) is 0 Å². The van der Waals surface area contributed by atoms with Gasteiger partial charge in [0.05, 0.1) is 10.5 Å². The summed E-state index contributed by atoms with van der Waals surface area (Å²) in [6.45, 7) is 1.75. The van der Waals surface area contributed by atoms with Crippen molar-refractivity contribution in [2.45, 2.75) is 13.5 Å². The number of esters is 1. The minimum Gasteiger partial charge on any atom is -0.452 e. The zero-order valence-electron chi connectivity index (χ0n) is 14.4. The van der Waals surface area contributed by atoms with Crippen molar-refractivity contribution in [3.8, 4) is 11.5 Å². The quantitative estimate of drug-likeness (QED) is 0.283. The molecule has 1 heterocycles. The third-order valence-electron chi connectivity index (χ3n) is 3.60. The van der Waals surface area contributed by atoms with E-state index in [0.29, 0.717) is 11.5 Å². The van der Waals surface area contributed by atoms with Gasteiger partial charge in [-0.25, -0.2) is 4.79 Å². The Morgan fingerprint density at radius 3 is 2.81 bits per heavy atom. The molecule has 0 saturated carbocycles. The van der Waals surface area contributed by atoms with E-state index in [4.69, 9.17) is 9.15 Å². The van der Waals surface area contributed by atoms with Crippen LogP contribution in [0, 0.1) is 17.0 Å². The molecule has 3 aromatic rings. The van der Waals surface area contributed by atoms with E-state index in [1.165, 1.54) is 18.2 Å². The maximum absolute atomic E-state index is 11.8. The molecule has 2 aromatic carbocycles. The summed E-state index contributed by atoms with van der Waals surface area (Å²) < 4.78 is 10.5. The smallest absolute Gasteiger partial charge is 0.331 e. The number of carbonyl (C=O) groups excluding carboxylic acids is 1. The lowest BCUT2D eigenvalue weighted by Gasteiger charge is -1.99. The molecule has 27 heavy (non-hydrogen) atoms. The van der Waals surface area contributed by atoms with Crippen molar-refractivity contribution >= 4 is 17.7 Å². The summed E-state index contributed by atoms with van der Waals surface area (Å²) in [6, 6.07) is 13.7. The molecular weight excluding hydrogens is 350 g/mol. The van der Waals surface area contributed by atoms with Crippen LogP contribution < -0.4 is 0 Å². The van der Waals surface area contributed by atoms with E-state index in [1.807, 2.05) is 31.2 Å². The van der Waals surface area contributed by atoms with Crippen molar-refractivity contribution in [3.05, 3.63) is 81.7 Å². The first-order valence-electron chi connectivity index (χ1n) is 8.00. The number of hydrogen-bond donors (Lipinski definition) is 0. The average Bonchev–Trinajstić information content (AvgIpc) is 3.14. The Kier molecular flexibility index (Phi) is 5.36. The molecule has 0 amide bonds. The van der Waals surface area contributed by atoms with Crippen LogP contribution in [0.3, 0.4) is 0 Å². The van der Waals surface area contributed by atoms with Crippen LogP contribution in [0.1, 0.15) is 17.0 Å². The van der Waals surface area contributed by atoms with Crippen molar-refractivity contribution in [3.63, 3.8) is 0 Å². The van der Waals surface area contributed by atoms with Crippen LogP contribution in [-0.4, -0.2) is 21.1 Å². The fourth-order valence-corrected chi connectivity index (χ4v) is 2.34. The predicted molar refractivity (Wildman–Crippen MR) is 96.4 cm³/mol. The molecule has 0 N–H and O–H groups in total. The summed E-state index contributed by atoms with van der Waals surface area (Å²) in [6.07, 6.45) is 2.44. The van der Waals surface area contributed by atoms with Crippen LogP contribution in [0.5, 0.6) is 0 Å². The highest BCUT2D eigenvalue weighted by atomic mass is 16.6. The average molecular weight is 365 g/mol. The van der Waals surface area contributed by atoms with Crippen LogP contribution in [0.25, 0.3) is 17.5 Å². The van der Waals surface area contributed by atoms with Crippen molar-refractivity contribution in [2.75, 3.05) is 0 Å². The molecule has 1 aromatic heterocycles. The lowest BCUT2D eigenvalue weighted by atomic mass is 10.1. The van der Waals surface area contributed by atoms with Gasteiger partial charge in [-0.3, -0.25) is 10.1 Å². The van der Waals surface area contributed by atoms with Crippen molar-refractivity contribution in [2.24, 2.45) is 0 Å². The Morgan fingerprint density at radius 1 is 1.22 bits per heavy atom. The second-order valence-corrected chi connectivity index (χ2v) is 5.63. The Balaban J connectivity index is 1.61. The van der Waals surface area contributed by atoms with Gasteiger partial charge in [0.15, 0.2) is 6.61 Å². The van der Waals surface area contributed by atoms with Gasteiger partial charge < -0.3 is 9.15 Å². The summed E-state index contributed by atoms with van der Waals surface area (Å²) in [4.78, 5) is 22.3. The first-order chi connectivity index (χ1) is 13.0. The zero-order valence-corrected chi connectivity index (χ0v) is 14.4. The molecule has 0 saturated heterocycles. The highest BCUT2D eigenvalue weighted by Crippen LogP contribution is 2.20. The van der Waals surface area contributed by atoms with Crippen LogP contribution in [0.15, 0.2) is 59.0 Å². The van der Waals surface area contributed by atoms with Gasteiger partial charge in [0, 0.05) is 17.7 Å². The molecule has 0 aliphatic rings. The van der Waals surface area contributed by atoms with Gasteiger partial charge in [-0.1, -0.05) is 29.8 Å². The summed E-state index contributed by atoms with van der Waals surface area (Å²) in [5, 5.41) is 18.7. The fraction of sp³-hybridized carbons (Fsp3) is 0.105. The van der Waals surface area contributed by atoms with Crippen molar-refractivity contribution in [1.82, 2.24) is 10.2 Å². The summed E-state index contributed by atoms with van der Waals surface area (Å²) >= 11 is 0. The molecule has 0 aliphatic heterocycles. The number of rotatable bonds is 6. The van der Waals surface area contributed by atoms with Gasteiger partial charge in [0.1, 0.15) is 0 Å². The molecular formula is C19H15N3O5. The Bertz CT molecular complexity index is 1010. The number of nitrogens with zero attached hydrogens (tertiary/aromatic N) is 3. The lowest BCUT2D eigenvalue weighted by molar-refractivity contribution is -0.385. The Hall–Kier alpha value is -3.81. The Morgan fingerprint density at radius 2 is 2.04 bits per heavy atom. The molecule has 0 unspecified atom stereocenters. The van der Waals surface area contributed by atoms with Gasteiger partial charge in [0.25, 0.3) is 11.6 Å².